The van der Waals surface area contributed by atoms with E-state index >= 15 is 0 Å². The summed E-state index contributed by atoms with van der Waals surface area (Å²) in [4.78, 5) is 15.2. The quantitative estimate of drug-likeness (QED) is 0.439. The number of nitrogens with one attached hydrogen (secondary N) is 1. The Kier molecular flexibility index (Phi) is 2.89. The number of aromatic nitrogens is 2. The van der Waals surface area contributed by atoms with E-state index in [4.69, 9.17) is 15.5 Å². The molecule has 0 saturated heterocycles. The first kappa shape index (κ1) is 10.9. The van der Waals surface area contributed by atoms with Gasteiger partial charge in [0.25, 0.3) is 5.91 Å². The number of imidazole rings is 1. The second-order valence-electron chi connectivity index (χ2n) is 3.22. The summed E-state index contributed by atoms with van der Waals surface area (Å²) in [6, 6.07) is 3.45. The van der Waals surface area contributed by atoms with Crippen molar-refractivity contribution < 1.29 is 9.21 Å². The maximum absolute atomic E-state index is 11.4. The molecule has 0 aromatic carbocycles. The molecule has 0 aliphatic carbocycles. The number of nitrogens with two attached hydrogens (primary N) is 1. The highest BCUT2D eigenvalue weighted by Gasteiger charge is 2.14. The molecule has 7 heteroatoms. The molecule has 0 unspecified atom stereocenters. The van der Waals surface area contributed by atoms with Crippen LogP contribution < -0.4 is 11.3 Å². The number of hydrazine groups is 1. The smallest absolute Gasteiger partial charge is 0.268 e. The van der Waals surface area contributed by atoms with E-state index in [1.54, 1.807) is 10.8 Å². The average molecular weight is 231 g/mol. The van der Waals surface area contributed by atoms with Gasteiger partial charge in [-0.2, -0.15) is 5.26 Å². The van der Waals surface area contributed by atoms with Crippen molar-refractivity contribution in [3.05, 3.63) is 41.9 Å². The predicted molar refractivity (Wildman–Crippen MR) is 56.4 cm³/mol. The van der Waals surface area contributed by atoms with Crippen molar-refractivity contribution in [3.63, 3.8) is 0 Å². The average Bonchev–Trinajstić information content (AvgIpc) is 2.97. The van der Waals surface area contributed by atoms with Gasteiger partial charge in [-0.25, -0.2) is 10.8 Å². The summed E-state index contributed by atoms with van der Waals surface area (Å²) in [6.07, 6.45) is 4.53. The van der Waals surface area contributed by atoms with Crippen LogP contribution in [0.2, 0.25) is 0 Å². The van der Waals surface area contributed by atoms with Crippen LogP contribution in [0.1, 0.15) is 21.9 Å². The van der Waals surface area contributed by atoms with Crippen molar-refractivity contribution in [2.24, 2.45) is 5.84 Å². The first-order valence-corrected chi connectivity index (χ1v) is 4.74. The molecule has 0 aliphatic heterocycles. The van der Waals surface area contributed by atoms with E-state index < -0.39 is 5.91 Å². The van der Waals surface area contributed by atoms with Crippen molar-refractivity contribution in [1.82, 2.24) is 15.0 Å². The van der Waals surface area contributed by atoms with Gasteiger partial charge in [0.2, 0.25) is 5.82 Å². The van der Waals surface area contributed by atoms with Crippen LogP contribution in [0, 0.1) is 11.3 Å². The van der Waals surface area contributed by atoms with Gasteiger partial charge in [0.05, 0.1) is 18.4 Å². The Morgan fingerprint density at radius 3 is 3.24 bits per heavy atom. The lowest BCUT2D eigenvalue weighted by Gasteiger charge is -2.03. The van der Waals surface area contributed by atoms with Crippen LogP contribution in [0.3, 0.4) is 0 Å². The normalized spacial score (nSPS) is 9.88. The number of amides is 1. The molecule has 0 fully saturated rings. The molecular formula is C10H9N5O2. The molecule has 0 aliphatic rings. The SMILES string of the molecule is N#Cc1nccn1Cc1occc1C(=O)NN. The first-order chi connectivity index (χ1) is 8.26. The number of hydrogen-bond acceptors (Lipinski definition) is 5. The Morgan fingerprint density at radius 2 is 2.53 bits per heavy atom. The molecule has 0 radical (unpaired) electrons. The van der Waals surface area contributed by atoms with Gasteiger partial charge in [-0.15, -0.1) is 0 Å². The van der Waals surface area contributed by atoms with Gasteiger partial charge >= 0.3 is 0 Å². The molecular weight excluding hydrogens is 222 g/mol. The summed E-state index contributed by atoms with van der Waals surface area (Å²) in [7, 11) is 0. The number of carbonyl (C=O) groups excluding carboxylic acids is 1. The number of rotatable bonds is 3. The third-order valence-corrected chi connectivity index (χ3v) is 2.25. The van der Waals surface area contributed by atoms with Gasteiger partial charge in [-0.3, -0.25) is 10.2 Å². The van der Waals surface area contributed by atoms with Crippen LogP contribution in [0.15, 0.2) is 29.1 Å². The molecule has 3 N–H and O–H groups in total. The van der Waals surface area contributed by atoms with Crippen molar-refractivity contribution in [2.45, 2.75) is 6.54 Å². The van der Waals surface area contributed by atoms with Crippen LogP contribution in [0.4, 0.5) is 0 Å². The van der Waals surface area contributed by atoms with Gasteiger partial charge in [-0.05, 0) is 6.07 Å². The molecule has 2 aromatic rings. The minimum absolute atomic E-state index is 0.249. The van der Waals surface area contributed by atoms with E-state index in [1.165, 1.54) is 18.5 Å². The van der Waals surface area contributed by atoms with Crippen LogP contribution in [-0.4, -0.2) is 15.5 Å². The van der Waals surface area contributed by atoms with Crippen LogP contribution in [0.5, 0.6) is 0 Å². The van der Waals surface area contributed by atoms with E-state index in [0.29, 0.717) is 11.3 Å². The molecule has 0 spiro atoms. The van der Waals surface area contributed by atoms with Crippen molar-refractivity contribution in [2.75, 3.05) is 0 Å². The maximum Gasteiger partial charge on any atom is 0.268 e. The first-order valence-electron chi connectivity index (χ1n) is 4.74. The Balaban J connectivity index is 2.29. The van der Waals surface area contributed by atoms with Gasteiger partial charge in [0.1, 0.15) is 11.8 Å². The molecule has 2 aromatic heterocycles. The Morgan fingerprint density at radius 1 is 1.71 bits per heavy atom. The summed E-state index contributed by atoms with van der Waals surface area (Å²) >= 11 is 0. The predicted octanol–water partition coefficient (Wildman–Crippen LogP) is -0.000420. The second-order valence-corrected chi connectivity index (χ2v) is 3.22. The third-order valence-electron chi connectivity index (χ3n) is 2.25. The zero-order valence-electron chi connectivity index (χ0n) is 8.75. The summed E-state index contributed by atoms with van der Waals surface area (Å²) < 4.78 is 6.76. The summed E-state index contributed by atoms with van der Waals surface area (Å²) in [5.74, 6) is 5.28. The van der Waals surface area contributed by atoms with Crippen molar-refractivity contribution in [3.8, 4) is 6.07 Å². The third kappa shape index (κ3) is 2.02. The fourth-order valence-electron chi connectivity index (χ4n) is 1.45. The van der Waals surface area contributed by atoms with Crippen LogP contribution in [0.25, 0.3) is 0 Å². The van der Waals surface area contributed by atoms with Crippen molar-refractivity contribution >= 4 is 5.91 Å². The molecule has 2 heterocycles. The summed E-state index contributed by atoms with van der Waals surface area (Å²) in [6.45, 7) is 0.249. The fraction of sp³-hybridized carbons (Fsp3) is 0.100. The topological polar surface area (TPSA) is 110 Å². The van der Waals surface area contributed by atoms with E-state index in [2.05, 4.69) is 4.98 Å². The Labute approximate surface area is 96.4 Å². The number of furan rings is 1. The minimum atomic E-state index is -0.438. The highest BCUT2D eigenvalue weighted by atomic mass is 16.3. The van der Waals surface area contributed by atoms with Gasteiger partial charge in [-0.1, -0.05) is 0 Å². The van der Waals surface area contributed by atoms with E-state index in [9.17, 15) is 4.79 Å². The van der Waals surface area contributed by atoms with E-state index in [0.717, 1.165) is 0 Å². The lowest BCUT2D eigenvalue weighted by atomic mass is 10.2. The van der Waals surface area contributed by atoms with Crippen LogP contribution >= 0.6 is 0 Å². The number of carbonyl (C=O) groups is 1. The van der Waals surface area contributed by atoms with E-state index in [-0.39, 0.29) is 12.4 Å². The molecule has 17 heavy (non-hydrogen) atoms. The fourth-order valence-corrected chi connectivity index (χ4v) is 1.45. The molecule has 0 atom stereocenters. The molecule has 2 rings (SSSR count). The number of nitriles is 1. The van der Waals surface area contributed by atoms with Gasteiger partial charge in [0.15, 0.2) is 0 Å². The summed E-state index contributed by atoms with van der Waals surface area (Å²) in [5.41, 5.74) is 2.37. The molecule has 7 nitrogen and oxygen atoms in total. The Hall–Kier alpha value is -2.59. The van der Waals surface area contributed by atoms with Crippen LogP contribution in [-0.2, 0) is 6.54 Å². The van der Waals surface area contributed by atoms with Gasteiger partial charge < -0.3 is 8.98 Å². The van der Waals surface area contributed by atoms with E-state index in [1.807, 2.05) is 11.5 Å². The standard InChI is InChI=1S/C10H9N5O2/c11-5-9-13-2-3-15(9)6-8-7(1-4-17-8)10(16)14-12/h1-4H,6,12H2,(H,14,16). The highest BCUT2D eigenvalue weighted by molar-refractivity contribution is 5.94. The molecule has 86 valence electrons. The zero-order chi connectivity index (χ0) is 12.3. The highest BCUT2D eigenvalue weighted by Crippen LogP contribution is 2.13. The van der Waals surface area contributed by atoms with Crippen molar-refractivity contribution in [1.29, 1.82) is 5.26 Å². The minimum Gasteiger partial charge on any atom is -0.467 e. The molecule has 0 saturated carbocycles. The molecule has 1 amide bonds. The Bertz CT molecular complexity index is 578. The summed E-state index contributed by atoms with van der Waals surface area (Å²) in [5, 5.41) is 8.80. The monoisotopic (exact) mass is 231 g/mol. The molecule has 0 bridgehead atoms. The van der Waals surface area contributed by atoms with Gasteiger partial charge in [0, 0.05) is 12.4 Å². The number of nitrogen functional groups attached to an aromatic ring is 1. The lowest BCUT2D eigenvalue weighted by molar-refractivity contribution is 0.0951. The number of nitrogens with zero attached hydrogens (tertiary/aromatic N) is 3. The number of hydrogen-bond donors (Lipinski definition) is 2. The lowest BCUT2D eigenvalue weighted by Crippen LogP contribution is -2.30. The maximum atomic E-state index is 11.4. The largest absolute Gasteiger partial charge is 0.467 e. The zero-order valence-corrected chi connectivity index (χ0v) is 8.75. The second kappa shape index (κ2) is 4.51.